The van der Waals surface area contributed by atoms with Crippen molar-refractivity contribution in [2.24, 2.45) is 0 Å². The SMILES string of the molecule is CC(C)(C)c1ccc(N(C(=O)[C@H]2C[C@@H](OC(F)(F)F)CN2)C(C(=O)NC2CCCCC2)c2cccnc2)cc1. The van der Waals surface area contributed by atoms with Crippen LogP contribution in [0.15, 0.2) is 48.8 Å². The van der Waals surface area contributed by atoms with Crippen LogP contribution >= 0.6 is 0 Å². The van der Waals surface area contributed by atoms with Crippen LogP contribution in [0.1, 0.15) is 76.5 Å². The smallest absolute Gasteiger partial charge is 0.351 e. The van der Waals surface area contributed by atoms with Crippen molar-refractivity contribution < 1.29 is 27.5 Å². The second-order valence-electron chi connectivity index (χ2n) is 11.4. The van der Waals surface area contributed by atoms with E-state index in [2.05, 4.69) is 41.1 Å². The summed E-state index contributed by atoms with van der Waals surface area (Å²) in [5.74, 6) is -0.844. The van der Waals surface area contributed by atoms with Gasteiger partial charge in [-0.25, -0.2) is 0 Å². The van der Waals surface area contributed by atoms with Crippen LogP contribution in [0.25, 0.3) is 0 Å². The van der Waals surface area contributed by atoms with Gasteiger partial charge in [0.1, 0.15) is 6.04 Å². The highest BCUT2D eigenvalue weighted by molar-refractivity contribution is 6.04. The fourth-order valence-corrected chi connectivity index (χ4v) is 5.35. The van der Waals surface area contributed by atoms with Gasteiger partial charge in [0.05, 0.1) is 12.1 Å². The highest BCUT2D eigenvalue weighted by atomic mass is 19.4. The van der Waals surface area contributed by atoms with Crippen molar-refractivity contribution in [2.45, 2.75) is 95.3 Å². The molecule has 1 aromatic heterocycles. The Bertz CT molecular complexity index is 1110. The van der Waals surface area contributed by atoms with Crippen LogP contribution in [0.2, 0.25) is 0 Å². The van der Waals surface area contributed by atoms with E-state index in [1.807, 2.05) is 12.1 Å². The van der Waals surface area contributed by atoms with Gasteiger partial charge in [-0.1, -0.05) is 58.2 Å². The van der Waals surface area contributed by atoms with Gasteiger partial charge in [-0.2, -0.15) is 0 Å². The van der Waals surface area contributed by atoms with Gasteiger partial charge in [0.15, 0.2) is 0 Å². The van der Waals surface area contributed by atoms with Gasteiger partial charge in [-0.15, -0.1) is 13.2 Å². The van der Waals surface area contributed by atoms with Crippen LogP contribution in [0.4, 0.5) is 18.9 Å². The second kappa shape index (κ2) is 12.0. The number of rotatable bonds is 7. The first-order valence-electron chi connectivity index (χ1n) is 13.5. The summed E-state index contributed by atoms with van der Waals surface area (Å²) >= 11 is 0. The molecule has 2 amide bonds. The number of benzene rings is 1. The zero-order valence-corrected chi connectivity index (χ0v) is 22.6. The molecule has 212 valence electrons. The molecule has 1 aliphatic heterocycles. The summed E-state index contributed by atoms with van der Waals surface area (Å²) in [6.45, 7) is 6.09. The maximum atomic E-state index is 14.1. The van der Waals surface area contributed by atoms with E-state index in [-0.39, 0.29) is 30.3 Å². The molecule has 2 heterocycles. The summed E-state index contributed by atoms with van der Waals surface area (Å²) in [6.07, 6.45) is 1.85. The molecule has 2 aliphatic rings. The molecule has 39 heavy (non-hydrogen) atoms. The number of ether oxygens (including phenoxy) is 1. The van der Waals surface area contributed by atoms with Crippen LogP contribution in [0.5, 0.6) is 0 Å². The van der Waals surface area contributed by atoms with Crippen LogP contribution in [0, 0.1) is 0 Å². The van der Waals surface area contributed by atoms with Crippen LogP contribution < -0.4 is 15.5 Å². The highest BCUT2D eigenvalue weighted by Crippen LogP contribution is 2.33. The summed E-state index contributed by atoms with van der Waals surface area (Å²) in [5, 5.41) is 6.01. The molecule has 2 fully saturated rings. The van der Waals surface area contributed by atoms with E-state index in [1.54, 1.807) is 36.7 Å². The van der Waals surface area contributed by atoms with Crippen molar-refractivity contribution >= 4 is 17.5 Å². The molecule has 1 saturated carbocycles. The molecule has 2 N–H and O–H groups in total. The zero-order valence-electron chi connectivity index (χ0n) is 22.6. The van der Waals surface area contributed by atoms with Gasteiger partial charge in [0.2, 0.25) is 11.8 Å². The molecular weight excluding hydrogens is 509 g/mol. The van der Waals surface area contributed by atoms with Crippen LogP contribution in [0.3, 0.4) is 0 Å². The third-order valence-electron chi connectivity index (χ3n) is 7.40. The monoisotopic (exact) mass is 546 g/mol. The molecule has 1 aromatic carbocycles. The molecule has 3 atom stereocenters. The Morgan fingerprint density at radius 2 is 1.77 bits per heavy atom. The second-order valence-corrected chi connectivity index (χ2v) is 11.4. The van der Waals surface area contributed by atoms with E-state index in [0.717, 1.165) is 37.7 Å². The lowest BCUT2D eigenvalue weighted by Crippen LogP contribution is -2.51. The molecular formula is C29H37F3N4O3. The maximum absolute atomic E-state index is 14.1. The number of nitrogens with one attached hydrogen (secondary N) is 2. The predicted molar refractivity (Wildman–Crippen MR) is 142 cm³/mol. The Hall–Kier alpha value is -2.98. The lowest BCUT2D eigenvalue weighted by molar-refractivity contribution is -0.340. The predicted octanol–water partition coefficient (Wildman–Crippen LogP) is 5.17. The number of nitrogens with zero attached hydrogens (tertiary/aromatic N) is 2. The minimum Gasteiger partial charge on any atom is -0.351 e. The van der Waals surface area contributed by atoms with Gasteiger partial charge in [-0.3, -0.25) is 24.2 Å². The Morgan fingerprint density at radius 1 is 1.08 bits per heavy atom. The highest BCUT2D eigenvalue weighted by Gasteiger charge is 2.43. The quantitative estimate of drug-likeness (QED) is 0.501. The molecule has 1 saturated heterocycles. The number of carbonyl (C=O) groups is 2. The number of aromatic nitrogens is 1. The van der Waals surface area contributed by atoms with Gasteiger partial charge in [-0.05, 0) is 48.4 Å². The van der Waals surface area contributed by atoms with E-state index in [1.165, 1.54) is 4.90 Å². The fourth-order valence-electron chi connectivity index (χ4n) is 5.35. The number of hydrogen-bond donors (Lipinski definition) is 2. The molecule has 1 aliphatic carbocycles. The Balaban J connectivity index is 1.71. The van der Waals surface area contributed by atoms with Crippen LogP contribution in [-0.4, -0.2) is 47.9 Å². The normalized spacial score (nSPS) is 21.4. The Morgan fingerprint density at radius 3 is 2.36 bits per heavy atom. The van der Waals surface area contributed by atoms with Crippen molar-refractivity contribution in [1.29, 1.82) is 0 Å². The molecule has 0 spiro atoms. The van der Waals surface area contributed by atoms with E-state index < -0.39 is 30.5 Å². The van der Waals surface area contributed by atoms with Crippen molar-refractivity contribution in [3.8, 4) is 0 Å². The minimum absolute atomic E-state index is 0.000174. The molecule has 1 unspecified atom stereocenters. The third-order valence-corrected chi connectivity index (χ3v) is 7.40. The van der Waals surface area contributed by atoms with E-state index in [4.69, 9.17) is 0 Å². The van der Waals surface area contributed by atoms with Crippen molar-refractivity contribution in [3.05, 3.63) is 59.9 Å². The number of anilines is 1. The van der Waals surface area contributed by atoms with Gasteiger partial charge < -0.3 is 10.6 Å². The van der Waals surface area contributed by atoms with Gasteiger partial charge in [0, 0.05) is 36.2 Å². The first-order chi connectivity index (χ1) is 18.4. The number of hydrogen-bond acceptors (Lipinski definition) is 5. The molecule has 7 nitrogen and oxygen atoms in total. The van der Waals surface area contributed by atoms with E-state index >= 15 is 0 Å². The first kappa shape index (κ1) is 29.0. The van der Waals surface area contributed by atoms with E-state index in [9.17, 15) is 22.8 Å². The number of carbonyl (C=O) groups excluding carboxylic acids is 2. The lowest BCUT2D eigenvalue weighted by atomic mass is 9.87. The summed E-state index contributed by atoms with van der Waals surface area (Å²) in [6, 6.07) is 8.81. The summed E-state index contributed by atoms with van der Waals surface area (Å²) in [5.41, 5.74) is 1.90. The van der Waals surface area contributed by atoms with Crippen molar-refractivity contribution in [3.63, 3.8) is 0 Å². The number of pyridine rings is 1. The van der Waals surface area contributed by atoms with Crippen molar-refractivity contribution in [1.82, 2.24) is 15.6 Å². The average Bonchev–Trinajstić information content (AvgIpc) is 3.34. The lowest BCUT2D eigenvalue weighted by Gasteiger charge is -2.35. The molecule has 10 heteroatoms. The summed E-state index contributed by atoms with van der Waals surface area (Å²) in [4.78, 5) is 33.6. The summed E-state index contributed by atoms with van der Waals surface area (Å²) in [7, 11) is 0. The number of alkyl halides is 3. The number of amides is 2. The molecule has 0 radical (unpaired) electrons. The van der Waals surface area contributed by atoms with Crippen LogP contribution in [-0.2, 0) is 19.7 Å². The fraction of sp³-hybridized carbons (Fsp3) is 0.552. The molecule has 0 bridgehead atoms. The van der Waals surface area contributed by atoms with Gasteiger partial charge in [0.25, 0.3) is 0 Å². The third kappa shape index (κ3) is 7.57. The number of halogens is 3. The maximum Gasteiger partial charge on any atom is 0.522 e. The average molecular weight is 547 g/mol. The Kier molecular flexibility index (Phi) is 8.96. The topological polar surface area (TPSA) is 83.6 Å². The van der Waals surface area contributed by atoms with Crippen molar-refractivity contribution in [2.75, 3.05) is 11.4 Å². The minimum atomic E-state index is -4.80. The van der Waals surface area contributed by atoms with E-state index in [0.29, 0.717) is 11.3 Å². The summed E-state index contributed by atoms with van der Waals surface area (Å²) < 4.78 is 42.8. The largest absolute Gasteiger partial charge is 0.522 e. The molecule has 2 aromatic rings. The zero-order chi connectivity index (χ0) is 28.2. The van der Waals surface area contributed by atoms with Gasteiger partial charge >= 0.3 is 6.36 Å². The standard InChI is InChI=1S/C29H37F3N4O3/c1-28(2,3)20-11-13-22(14-12-20)36(27(38)24-16-23(18-34-24)39-29(30,31)32)25(19-8-7-15-33-17-19)26(37)35-21-9-5-4-6-10-21/h7-8,11-15,17,21,23-25,34H,4-6,9-10,16,18H2,1-3H3,(H,35,37)/t23-,24-,25?/m1/s1. The molecule has 4 rings (SSSR count). The Labute approximate surface area is 227 Å². The first-order valence-corrected chi connectivity index (χ1v) is 13.5.